The molecule has 2 N–H and O–H groups in total. The minimum absolute atomic E-state index is 0.258. The monoisotopic (exact) mass is 314 g/mol. The van der Waals surface area contributed by atoms with Crippen LogP contribution in [-0.4, -0.2) is 22.2 Å². The Labute approximate surface area is 135 Å². The van der Waals surface area contributed by atoms with Crippen LogP contribution in [0.3, 0.4) is 0 Å². The molecule has 0 fully saturated rings. The van der Waals surface area contributed by atoms with Crippen LogP contribution in [0, 0.1) is 17.3 Å². The molecule has 0 aromatic rings. The van der Waals surface area contributed by atoms with Gasteiger partial charge < -0.3 is 10.2 Å². The van der Waals surface area contributed by atoms with Crippen LogP contribution in [-0.2, 0) is 9.59 Å². The van der Waals surface area contributed by atoms with Crippen molar-refractivity contribution in [2.75, 3.05) is 0 Å². The average molecular weight is 314 g/mol. The van der Waals surface area contributed by atoms with Crippen molar-refractivity contribution in [1.29, 1.82) is 0 Å². The van der Waals surface area contributed by atoms with Gasteiger partial charge in [0, 0.05) is 0 Å². The second kappa shape index (κ2) is 10.6. The number of carboxylic acid groups (broad SMARTS) is 2. The van der Waals surface area contributed by atoms with Gasteiger partial charge in [-0.2, -0.15) is 0 Å². The summed E-state index contributed by atoms with van der Waals surface area (Å²) in [5.74, 6) is -0.742. The van der Waals surface area contributed by atoms with Gasteiger partial charge >= 0.3 is 11.9 Å². The molecule has 0 rings (SSSR count). The molecule has 0 bridgehead atoms. The normalized spacial score (nSPS) is 12.1. The highest BCUT2D eigenvalue weighted by Gasteiger charge is 2.39. The molecule has 0 aliphatic heterocycles. The van der Waals surface area contributed by atoms with Crippen LogP contribution in [0.1, 0.15) is 85.5 Å². The predicted octanol–water partition coefficient (Wildman–Crippen LogP) is 4.96. The molecule has 0 spiro atoms. The fourth-order valence-corrected chi connectivity index (χ4v) is 2.91. The van der Waals surface area contributed by atoms with Gasteiger partial charge in [-0.3, -0.25) is 9.59 Å². The molecule has 0 atom stereocenters. The lowest BCUT2D eigenvalue weighted by molar-refractivity contribution is -0.157. The Bertz CT molecular complexity index is 318. The SMILES string of the molecule is CC(C)CCCCC(CCCCC(C)C)(CC(=O)O)C(=O)O. The summed E-state index contributed by atoms with van der Waals surface area (Å²) in [5.41, 5.74) is -1.08. The number of hydrogen-bond donors (Lipinski definition) is 2. The number of hydrogen-bond acceptors (Lipinski definition) is 2. The molecule has 0 unspecified atom stereocenters. The lowest BCUT2D eigenvalue weighted by atomic mass is 9.75. The van der Waals surface area contributed by atoms with Crippen molar-refractivity contribution in [3.8, 4) is 0 Å². The first-order chi connectivity index (χ1) is 10.2. The van der Waals surface area contributed by atoms with E-state index in [0.717, 1.165) is 38.5 Å². The first-order valence-corrected chi connectivity index (χ1v) is 8.65. The Morgan fingerprint density at radius 1 is 0.818 bits per heavy atom. The molecule has 0 saturated carbocycles. The maximum atomic E-state index is 11.7. The second-order valence-electron chi connectivity index (χ2n) is 7.44. The molecule has 130 valence electrons. The van der Waals surface area contributed by atoms with E-state index in [4.69, 9.17) is 5.11 Å². The topological polar surface area (TPSA) is 74.6 Å². The van der Waals surface area contributed by atoms with E-state index in [1.165, 1.54) is 0 Å². The molecule has 0 heterocycles. The molecule has 0 aromatic heterocycles. The molecule has 4 nitrogen and oxygen atoms in total. The fraction of sp³-hybridized carbons (Fsp3) is 0.889. The van der Waals surface area contributed by atoms with E-state index in [1.807, 2.05) is 0 Å². The van der Waals surface area contributed by atoms with Gasteiger partial charge in [-0.05, 0) is 24.7 Å². The largest absolute Gasteiger partial charge is 0.481 e. The van der Waals surface area contributed by atoms with Crippen molar-refractivity contribution < 1.29 is 19.8 Å². The van der Waals surface area contributed by atoms with Crippen molar-refractivity contribution in [3.63, 3.8) is 0 Å². The zero-order valence-corrected chi connectivity index (χ0v) is 14.7. The molecule has 0 saturated heterocycles. The molecule has 0 aromatic carbocycles. The van der Waals surface area contributed by atoms with Gasteiger partial charge in [0.05, 0.1) is 11.8 Å². The van der Waals surface area contributed by atoms with Crippen LogP contribution >= 0.6 is 0 Å². The summed E-state index contributed by atoms with van der Waals surface area (Å²) in [5, 5.41) is 18.8. The molecular weight excluding hydrogens is 280 g/mol. The van der Waals surface area contributed by atoms with Crippen molar-refractivity contribution in [1.82, 2.24) is 0 Å². The van der Waals surface area contributed by atoms with Gasteiger partial charge in [0.1, 0.15) is 0 Å². The molecule has 0 aliphatic rings. The van der Waals surface area contributed by atoms with Crippen LogP contribution in [0.5, 0.6) is 0 Å². The third-order valence-corrected chi connectivity index (χ3v) is 4.32. The van der Waals surface area contributed by atoms with E-state index < -0.39 is 17.4 Å². The van der Waals surface area contributed by atoms with Crippen LogP contribution in [0.4, 0.5) is 0 Å². The summed E-state index contributed by atoms with van der Waals surface area (Å²) in [6.45, 7) is 8.59. The van der Waals surface area contributed by atoms with Gasteiger partial charge in [0.2, 0.25) is 0 Å². The van der Waals surface area contributed by atoms with E-state index in [9.17, 15) is 14.7 Å². The summed E-state index contributed by atoms with van der Waals surface area (Å²) < 4.78 is 0. The third-order valence-electron chi connectivity index (χ3n) is 4.32. The molecule has 0 aliphatic carbocycles. The van der Waals surface area contributed by atoms with Gasteiger partial charge in [-0.25, -0.2) is 0 Å². The van der Waals surface area contributed by atoms with Gasteiger partial charge in [-0.15, -0.1) is 0 Å². The van der Waals surface area contributed by atoms with Crippen LogP contribution in [0.2, 0.25) is 0 Å². The highest BCUT2D eigenvalue weighted by atomic mass is 16.4. The summed E-state index contributed by atoms with van der Waals surface area (Å²) in [7, 11) is 0. The van der Waals surface area contributed by atoms with Crippen molar-refractivity contribution in [3.05, 3.63) is 0 Å². The van der Waals surface area contributed by atoms with Gasteiger partial charge in [-0.1, -0.05) is 66.2 Å². The number of aliphatic carboxylic acids is 2. The quantitative estimate of drug-likeness (QED) is 0.471. The summed E-state index contributed by atoms with van der Waals surface area (Å²) in [6, 6.07) is 0. The lowest BCUT2D eigenvalue weighted by Gasteiger charge is -2.28. The summed E-state index contributed by atoms with van der Waals surface area (Å²) >= 11 is 0. The van der Waals surface area contributed by atoms with Crippen LogP contribution < -0.4 is 0 Å². The van der Waals surface area contributed by atoms with E-state index in [0.29, 0.717) is 24.7 Å². The first-order valence-electron chi connectivity index (χ1n) is 8.65. The van der Waals surface area contributed by atoms with E-state index >= 15 is 0 Å². The van der Waals surface area contributed by atoms with E-state index in [-0.39, 0.29) is 6.42 Å². The van der Waals surface area contributed by atoms with Crippen molar-refractivity contribution >= 4 is 11.9 Å². The maximum absolute atomic E-state index is 11.7. The van der Waals surface area contributed by atoms with Crippen LogP contribution in [0.15, 0.2) is 0 Å². The lowest BCUT2D eigenvalue weighted by Crippen LogP contribution is -2.34. The smallest absolute Gasteiger partial charge is 0.310 e. The Hall–Kier alpha value is -1.06. The summed E-state index contributed by atoms with van der Waals surface area (Å²) in [6.07, 6.45) is 6.35. The predicted molar refractivity (Wildman–Crippen MR) is 88.9 cm³/mol. The molecule has 4 heteroatoms. The summed E-state index contributed by atoms with van der Waals surface area (Å²) in [4.78, 5) is 22.9. The second-order valence-corrected chi connectivity index (χ2v) is 7.44. The average Bonchev–Trinajstić information content (AvgIpc) is 2.37. The van der Waals surface area contributed by atoms with E-state index in [2.05, 4.69) is 27.7 Å². The standard InChI is InChI=1S/C18H34O4/c1-14(2)9-5-7-11-18(17(21)22,13-16(19)20)12-8-6-10-15(3)4/h14-15H,5-13H2,1-4H3,(H,19,20)(H,21,22). The Kier molecular flexibility index (Phi) is 10.1. The molecule has 0 amide bonds. The minimum atomic E-state index is -1.08. The third kappa shape index (κ3) is 9.06. The Balaban J connectivity index is 4.63. The Morgan fingerprint density at radius 2 is 1.23 bits per heavy atom. The first kappa shape index (κ1) is 20.9. The van der Waals surface area contributed by atoms with Crippen molar-refractivity contribution in [2.45, 2.75) is 85.5 Å². The number of unbranched alkanes of at least 4 members (excludes halogenated alkanes) is 2. The number of rotatable bonds is 13. The van der Waals surface area contributed by atoms with Gasteiger partial charge in [0.25, 0.3) is 0 Å². The van der Waals surface area contributed by atoms with Crippen LogP contribution in [0.25, 0.3) is 0 Å². The fourth-order valence-electron chi connectivity index (χ4n) is 2.91. The van der Waals surface area contributed by atoms with Gasteiger partial charge in [0.15, 0.2) is 0 Å². The van der Waals surface area contributed by atoms with Crippen molar-refractivity contribution in [2.24, 2.45) is 17.3 Å². The zero-order valence-electron chi connectivity index (χ0n) is 14.7. The number of carbonyl (C=O) groups is 2. The van der Waals surface area contributed by atoms with E-state index in [1.54, 1.807) is 0 Å². The molecule has 0 radical (unpaired) electrons. The molecular formula is C18H34O4. The maximum Gasteiger partial charge on any atom is 0.310 e. The molecule has 22 heavy (non-hydrogen) atoms. The minimum Gasteiger partial charge on any atom is -0.481 e. The Morgan fingerprint density at radius 3 is 1.50 bits per heavy atom. The highest BCUT2D eigenvalue weighted by molar-refractivity contribution is 5.81. The zero-order chi connectivity index (χ0) is 17.2. The highest BCUT2D eigenvalue weighted by Crippen LogP contribution is 2.36. The number of carboxylic acids is 2.